The summed E-state index contributed by atoms with van der Waals surface area (Å²) < 4.78 is 0. The van der Waals surface area contributed by atoms with E-state index in [1.54, 1.807) is 11.3 Å². The smallest absolute Gasteiger partial charge is 0.240 e. The van der Waals surface area contributed by atoms with Crippen LogP contribution < -0.4 is 5.73 Å². The summed E-state index contributed by atoms with van der Waals surface area (Å²) in [6.45, 7) is 7.55. The summed E-state index contributed by atoms with van der Waals surface area (Å²) in [5.41, 5.74) is 7.14. The predicted octanol–water partition coefficient (Wildman–Crippen LogP) is 2.01. The molecule has 0 aliphatic carbocycles. The molecule has 2 heterocycles. The Morgan fingerprint density at radius 2 is 2.24 bits per heavy atom. The van der Waals surface area contributed by atoms with E-state index in [-0.39, 0.29) is 11.3 Å². The summed E-state index contributed by atoms with van der Waals surface area (Å²) in [4.78, 5) is 15.6. The summed E-state index contributed by atoms with van der Waals surface area (Å²) in [7, 11) is 0. The van der Waals surface area contributed by atoms with Gasteiger partial charge in [0.15, 0.2) is 0 Å². The molecule has 0 bridgehead atoms. The first-order valence-corrected chi connectivity index (χ1v) is 6.87. The second kappa shape index (κ2) is 4.42. The van der Waals surface area contributed by atoms with Crippen LogP contribution in [0.4, 0.5) is 0 Å². The fraction of sp³-hybridized carbons (Fsp3) is 0.615. The zero-order valence-electron chi connectivity index (χ0n) is 10.7. The molecule has 0 unspecified atom stereocenters. The number of carbonyl (C=O) groups is 1. The highest BCUT2D eigenvalue weighted by Crippen LogP contribution is 2.26. The van der Waals surface area contributed by atoms with Gasteiger partial charge in [0.1, 0.15) is 0 Å². The third kappa shape index (κ3) is 2.53. The van der Waals surface area contributed by atoms with E-state index in [0.717, 1.165) is 19.5 Å². The molecular formula is C13H20N2OS. The van der Waals surface area contributed by atoms with E-state index in [9.17, 15) is 4.79 Å². The first kappa shape index (κ1) is 12.6. The van der Waals surface area contributed by atoms with E-state index in [4.69, 9.17) is 5.73 Å². The van der Waals surface area contributed by atoms with Crippen molar-refractivity contribution in [3.8, 4) is 0 Å². The monoisotopic (exact) mass is 252 g/mol. The fourth-order valence-electron chi connectivity index (χ4n) is 2.00. The number of amides is 1. The molecule has 1 atom stereocenters. The van der Waals surface area contributed by atoms with Gasteiger partial charge in [-0.25, -0.2) is 0 Å². The van der Waals surface area contributed by atoms with Crippen molar-refractivity contribution in [3.05, 3.63) is 21.9 Å². The van der Waals surface area contributed by atoms with Crippen LogP contribution in [0.2, 0.25) is 0 Å². The number of rotatable bonds is 1. The quantitative estimate of drug-likeness (QED) is 0.831. The van der Waals surface area contributed by atoms with E-state index in [2.05, 4.69) is 11.4 Å². The predicted molar refractivity (Wildman–Crippen MR) is 70.9 cm³/mol. The standard InChI is InChI=1S/C13H20N2OS/c1-13(2,3)11(14)12(16)15-6-4-10-9(8-15)5-7-17-10/h5,7,11H,4,6,8,14H2,1-3H3/t11-/m0/s1. The molecule has 1 amide bonds. The molecule has 1 aliphatic heterocycles. The van der Waals surface area contributed by atoms with Gasteiger partial charge in [0.05, 0.1) is 6.04 Å². The lowest BCUT2D eigenvalue weighted by Gasteiger charge is -2.34. The van der Waals surface area contributed by atoms with Crippen LogP contribution in [0.3, 0.4) is 0 Å². The van der Waals surface area contributed by atoms with Crippen molar-refractivity contribution in [2.45, 2.75) is 39.8 Å². The summed E-state index contributed by atoms with van der Waals surface area (Å²) in [5.74, 6) is 0.0781. The Labute approximate surface area is 107 Å². The third-order valence-corrected chi connectivity index (χ3v) is 4.34. The second-order valence-corrected chi connectivity index (χ2v) is 6.72. The van der Waals surface area contributed by atoms with Crippen molar-refractivity contribution in [1.29, 1.82) is 0 Å². The van der Waals surface area contributed by atoms with Crippen molar-refractivity contribution < 1.29 is 4.79 Å². The molecule has 1 aliphatic rings. The van der Waals surface area contributed by atoms with Crippen LogP contribution in [0.15, 0.2) is 11.4 Å². The van der Waals surface area contributed by atoms with Crippen LogP contribution in [-0.2, 0) is 17.8 Å². The first-order chi connectivity index (χ1) is 7.89. The Bertz CT molecular complexity index is 419. The van der Waals surface area contributed by atoms with Crippen LogP contribution in [0.25, 0.3) is 0 Å². The van der Waals surface area contributed by atoms with E-state index in [1.807, 2.05) is 25.7 Å². The van der Waals surface area contributed by atoms with Crippen molar-refractivity contribution >= 4 is 17.2 Å². The molecule has 0 radical (unpaired) electrons. The van der Waals surface area contributed by atoms with Gasteiger partial charge in [0.25, 0.3) is 0 Å². The SMILES string of the molecule is CC(C)(C)[C@@H](N)C(=O)N1CCc2sccc2C1. The Morgan fingerprint density at radius 3 is 2.88 bits per heavy atom. The highest BCUT2D eigenvalue weighted by molar-refractivity contribution is 7.10. The van der Waals surface area contributed by atoms with Gasteiger partial charge < -0.3 is 10.6 Å². The Hall–Kier alpha value is -0.870. The average Bonchev–Trinajstić information content (AvgIpc) is 2.72. The molecule has 0 saturated heterocycles. The highest BCUT2D eigenvalue weighted by atomic mass is 32.1. The number of nitrogens with zero attached hydrogens (tertiary/aromatic N) is 1. The van der Waals surface area contributed by atoms with Crippen LogP contribution in [0, 0.1) is 5.41 Å². The lowest BCUT2D eigenvalue weighted by Crippen LogP contribution is -2.51. The maximum absolute atomic E-state index is 12.3. The van der Waals surface area contributed by atoms with E-state index in [1.165, 1.54) is 10.4 Å². The highest BCUT2D eigenvalue weighted by Gasteiger charge is 2.32. The number of thiophene rings is 1. The maximum atomic E-state index is 12.3. The van der Waals surface area contributed by atoms with E-state index < -0.39 is 6.04 Å². The minimum atomic E-state index is -0.414. The van der Waals surface area contributed by atoms with Crippen LogP contribution >= 0.6 is 11.3 Å². The fourth-order valence-corrected chi connectivity index (χ4v) is 2.89. The molecule has 2 N–H and O–H groups in total. The molecule has 3 nitrogen and oxygen atoms in total. The molecule has 0 spiro atoms. The van der Waals surface area contributed by atoms with Gasteiger partial charge in [-0.1, -0.05) is 20.8 Å². The van der Waals surface area contributed by atoms with Gasteiger partial charge >= 0.3 is 0 Å². The molecule has 94 valence electrons. The van der Waals surface area contributed by atoms with E-state index in [0.29, 0.717) is 0 Å². The van der Waals surface area contributed by atoms with Crippen molar-refractivity contribution in [1.82, 2.24) is 4.90 Å². The second-order valence-electron chi connectivity index (χ2n) is 5.72. The van der Waals surface area contributed by atoms with Gasteiger partial charge in [-0.15, -0.1) is 11.3 Å². The topological polar surface area (TPSA) is 46.3 Å². The number of carbonyl (C=O) groups excluding carboxylic acids is 1. The molecule has 0 fully saturated rings. The van der Waals surface area contributed by atoms with Gasteiger partial charge in [0, 0.05) is 18.0 Å². The van der Waals surface area contributed by atoms with Gasteiger partial charge in [-0.2, -0.15) is 0 Å². The Morgan fingerprint density at radius 1 is 1.53 bits per heavy atom. The summed E-state index contributed by atoms with van der Waals surface area (Å²) in [5, 5.41) is 2.10. The molecule has 1 aromatic rings. The minimum absolute atomic E-state index is 0.0781. The largest absolute Gasteiger partial charge is 0.337 e. The first-order valence-electron chi connectivity index (χ1n) is 5.99. The van der Waals surface area contributed by atoms with Gasteiger partial charge in [-0.05, 0) is 28.8 Å². The summed E-state index contributed by atoms with van der Waals surface area (Å²) in [6, 6.07) is 1.70. The number of fused-ring (bicyclic) bond motifs is 1. The Kier molecular flexibility index (Phi) is 3.27. The Balaban J connectivity index is 2.09. The number of nitrogens with two attached hydrogens (primary N) is 1. The zero-order chi connectivity index (χ0) is 12.6. The van der Waals surface area contributed by atoms with Crippen LogP contribution in [0.1, 0.15) is 31.2 Å². The van der Waals surface area contributed by atoms with Crippen molar-refractivity contribution in [3.63, 3.8) is 0 Å². The lowest BCUT2D eigenvalue weighted by atomic mass is 9.86. The lowest BCUT2D eigenvalue weighted by molar-refractivity contribution is -0.135. The molecule has 0 saturated carbocycles. The molecule has 17 heavy (non-hydrogen) atoms. The molecule has 0 aromatic carbocycles. The molecule has 2 rings (SSSR count). The van der Waals surface area contributed by atoms with Gasteiger partial charge in [-0.3, -0.25) is 4.79 Å². The van der Waals surface area contributed by atoms with E-state index >= 15 is 0 Å². The number of hydrogen-bond donors (Lipinski definition) is 1. The minimum Gasteiger partial charge on any atom is -0.337 e. The number of hydrogen-bond acceptors (Lipinski definition) is 3. The zero-order valence-corrected chi connectivity index (χ0v) is 11.5. The molecule has 1 aromatic heterocycles. The summed E-state index contributed by atoms with van der Waals surface area (Å²) in [6.07, 6.45) is 0.968. The maximum Gasteiger partial charge on any atom is 0.240 e. The molecular weight excluding hydrogens is 232 g/mol. The normalized spacial score (nSPS) is 17.8. The van der Waals surface area contributed by atoms with Gasteiger partial charge in [0.2, 0.25) is 5.91 Å². The van der Waals surface area contributed by atoms with Crippen LogP contribution in [0.5, 0.6) is 0 Å². The van der Waals surface area contributed by atoms with Crippen molar-refractivity contribution in [2.24, 2.45) is 11.1 Å². The average molecular weight is 252 g/mol. The van der Waals surface area contributed by atoms with Crippen molar-refractivity contribution in [2.75, 3.05) is 6.54 Å². The third-order valence-electron chi connectivity index (χ3n) is 3.32. The van der Waals surface area contributed by atoms with Crippen LogP contribution in [-0.4, -0.2) is 23.4 Å². The summed E-state index contributed by atoms with van der Waals surface area (Å²) >= 11 is 1.78. The molecule has 4 heteroatoms.